The number of rotatable bonds is 5. The van der Waals surface area contributed by atoms with E-state index < -0.39 is 17.0 Å². The Hall–Kier alpha value is -2.09. The van der Waals surface area contributed by atoms with Crippen molar-refractivity contribution in [2.45, 2.75) is 43.6 Å². The highest BCUT2D eigenvalue weighted by molar-refractivity contribution is 7.98. The molecule has 8 heteroatoms. The van der Waals surface area contributed by atoms with E-state index in [4.69, 9.17) is 4.74 Å². The number of carbonyl (C=O) groups is 2. The Bertz CT molecular complexity index is 656. The van der Waals surface area contributed by atoms with Gasteiger partial charge in [-0.3, -0.25) is 14.9 Å². The molecular weight excluding hydrogens is 344 g/mol. The predicted octanol–water partition coefficient (Wildman–Crippen LogP) is 3.26. The zero-order valence-corrected chi connectivity index (χ0v) is 15.2. The van der Waals surface area contributed by atoms with Crippen LogP contribution in [0.25, 0.3) is 0 Å². The highest BCUT2D eigenvalue weighted by atomic mass is 32.2. The Morgan fingerprint density at radius 3 is 2.44 bits per heavy atom. The molecule has 1 aromatic rings. The van der Waals surface area contributed by atoms with Gasteiger partial charge in [0.2, 0.25) is 0 Å². The molecule has 0 N–H and O–H groups in total. The Morgan fingerprint density at radius 2 is 1.88 bits per heavy atom. The molecule has 25 heavy (non-hydrogen) atoms. The fraction of sp³-hybridized carbons (Fsp3) is 0.529. The number of nitro groups is 1. The van der Waals surface area contributed by atoms with Crippen molar-refractivity contribution in [3.8, 4) is 0 Å². The maximum atomic E-state index is 12.4. The smallest absolute Gasteiger partial charge is 0.339 e. The van der Waals surface area contributed by atoms with Crippen LogP contribution in [0.2, 0.25) is 0 Å². The van der Waals surface area contributed by atoms with Gasteiger partial charge in [-0.25, -0.2) is 4.79 Å². The van der Waals surface area contributed by atoms with Crippen molar-refractivity contribution in [3.63, 3.8) is 0 Å². The summed E-state index contributed by atoms with van der Waals surface area (Å²) in [6, 6.07) is 4.18. The lowest BCUT2D eigenvalue weighted by Crippen LogP contribution is -2.40. The lowest BCUT2D eigenvalue weighted by atomic mass is 10.2. The number of hydrogen-bond donors (Lipinski definition) is 0. The van der Waals surface area contributed by atoms with Gasteiger partial charge in [0.25, 0.3) is 11.6 Å². The summed E-state index contributed by atoms with van der Waals surface area (Å²) in [5, 5.41) is 11.1. The quantitative estimate of drug-likeness (QED) is 0.344. The van der Waals surface area contributed by atoms with Crippen molar-refractivity contribution in [2.24, 2.45) is 0 Å². The summed E-state index contributed by atoms with van der Waals surface area (Å²) in [5.74, 6) is -0.947. The van der Waals surface area contributed by atoms with Gasteiger partial charge in [0.05, 0.1) is 15.4 Å². The Morgan fingerprint density at radius 1 is 1.24 bits per heavy atom. The van der Waals surface area contributed by atoms with Gasteiger partial charge in [-0.2, -0.15) is 0 Å². The maximum Gasteiger partial charge on any atom is 0.339 e. The van der Waals surface area contributed by atoms with Crippen LogP contribution in [0.1, 0.15) is 43.0 Å². The average molecular weight is 366 g/mol. The SMILES string of the molecule is CSc1ccc(C(=O)O[C@H](C)C(=O)N2CCCCCC2)cc1[N+](=O)[O-]. The molecule has 136 valence electrons. The molecule has 0 aliphatic carbocycles. The van der Waals surface area contributed by atoms with Gasteiger partial charge in [0.15, 0.2) is 6.10 Å². The fourth-order valence-electron chi connectivity index (χ4n) is 2.79. The Balaban J connectivity index is 2.06. The van der Waals surface area contributed by atoms with Crippen LogP contribution in [0.15, 0.2) is 23.1 Å². The number of hydrogen-bond acceptors (Lipinski definition) is 6. The number of carbonyl (C=O) groups excluding carboxylic acids is 2. The van der Waals surface area contributed by atoms with Crippen molar-refractivity contribution >= 4 is 29.3 Å². The highest BCUT2D eigenvalue weighted by Gasteiger charge is 2.26. The van der Waals surface area contributed by atoms with E-state index in [1.165, 1.54) is 36.9 Å². The number of benzene rings is 1. The molecule has 1 aliphatic rings. The van der Waals surface area contributed by atoms with Crippen LogP contribution in [0.5, 0.6) is 0 Å². The van der Waals surface area contributed by atoms with Crippen molar-refractivity contribution in [2.75, 3.05) is 19.3 Å². The van der Waals surface area contributed by atoms with Crippen LogP contribution in [-0.2, 0) is 9.53 Å². The molecule has 1 aromatic carbocycles. The highest BCUT2D eigenvalue weighted by Crippen LogP contribution is 2.28. The molecule has 1 fully saturated rings. The van der Waals surface area contributed by atoms with E-state index in [0.29, 0.717) is 18.0 Å². The lowest BCUT2D eigenvalue weighted by molar-refractivity contribution is -0.387. The average Bonchev–Trinajstić information content (AvgIpc) is 2.89. The van der Waals surface area contributed by atoms with E-state index in [0.717, 1.165) is 25.7 Å². The summed E-state index contributed by atoms with van der Waals surface area (Å²) in [7, 11) is 0. The maximum absolute atomic E-state index is 12.4. The molecule has 1 aliphatic heterocycles. The van der Waals surface area contributed by atoms with Crippen LogP contribution in [0, 0.1) is 10.1 Å². The normalized spacial score (nSPS) is 16.0. The summed E-state index contributed by atoms with van der Waals surface area (Å²) in [6.07, 6.45) is 4.92. The van der Waals surface area contributed by atoms with Crippen LogP contribution in [0.4, 0.5) is 5.69 Å². The molecule has 0 bridgehead atoms. The van der Waals surface area contributed by atoms with Crippen LogP contribution >= 0.6 is 11.8 Å². The first-order valence-electron chi connectivity index (χ1n) is 8.26. The molecular formula is C17H22N2O5S. The third kappa shape index (κ3) is 4.94. The first-order valence-corrected chi connectivity index (χ1v) is 9.48. The summed E-state index contributed by atoms with van der Waals surface area (Å²) in [4.78, 5) is 37.5. The molecule has 1 saturated heterocycles. The minimum Gasteiger partial charge on any atom is -0.449 e. The molecule has 1 atom stereocenters. The molecule has 0 saturated carbocycles. The third-order valence-corrected chi connectivity index (χ3v) is 4.95. The number of likely N-dealkylation sites (tertiary alicyclic amines) is 1. The van der Waals surface area contributed by atoms with Crippen LogP contribution in [-0.4, -0.2) is 47.1 Å². The first-order chi connectivity index (χ1) is 11.9. The number of ether oxygens (including phenoxy) is 1. The number of nitrogens with zero attached hydrogens (tertiary/aromatic N) is 2. The van der Waals surface area contributed by atoms with E-state index in [1.807, 2.05) is 0 Å². The van der Waals surface area contributed by atoms with Crippen molar-refractivity contribution in [1.29, 1.82) is 0 Å². The van der Waals surface area contributed by atoms with E-state index in [-0.39, 0.29) is 17.2 Å². The summed E-state index contributed by atoms with van der Waals surface area (Å²) in [5.41, 5.74) is -0.0755. The predicted molar refractivity (Wildman–Crippen MR) is 94.8 cm³/mol. The monoisotopic (exact) mass is 366 g/mol. The van der Waals surface area contributed by atoms with Gasteiger partial charge >= 0.3 is 5.97 Å². The van der Waals surface area contributed by atoms with Crippen LogP contribution in [0.3, 0.4) is 0 Å². The van der Waals surface area contributed by atoms with E-state index in [1.54, 1.807) is 11.2 Å². The first kappa shape index (κ1) is 19.2. The van der Waals surface area contributed by atoms with E-state index in [2.05, 4.69) is 0 Å². The van der Waals surface area contributed by atoms with E-state index in [9.17, 15) is 19.7 Å². The Kier molecular flexibility index (Phi) is 6.81. The van der Waals surface area contributed by atoms with Gasteiger partial charge in [0.1, 0.15) is 0 Å². The third-order valence-electron chi connectivity index (χ3n) is 4.16. The molecule has 7 nitrogen and oxygen atoms in total. The summed E-state index contributed by atoms with van der Waals surface area (Å²) < 4.78 is 5.24. The van der Waals surface area contributed by atoms with Gasteiger partial charge in [-0.15, -0.1) is 11.8 Å². The molecule has 0 spiro atoms. The van der Waals surface area contributed by atoms with Gasteiger partial charge in [0, 0.05) is 19.2 Å². The van der Waals surface area contributed by atoms with Gasteiger partial charge < -0.3 is 9.64 Å². The molecule has 1 amide bonds. The number of nitro benzene ring substituents is 1. The zero-order chi connectivity index (χ0) is 18.4. The number of thioether (sulfide) groups is 1. The molecule has 2 rings (SSSR count). The number of esters is 1. The second-order valence-corrected chi connectivity index (χ2v) is 6.78. The van der Waals surface area contributed by atoms with Crippen molar-refractivity contribution < 1.29 is 19.2 Å². The second kappa shape index (κ2) is 8.84. The largest absolute Gasteiger partial charge is 0.449 e. The molecule has 1 heterocycles. The van der Waals surface area contributed by atoms with Gasteiger partial charge in [-0.1, -0.05) is 12.8 Å². The number of amides is 1. The van der Waals surface area contributed by atoms with Crippen molar-refractivity contribution in [3.05, 3.63) is 33.9 Å². The minimum absolute atomic E-state index is 0.0695. The molecule has 0 unspecified atom stereocenters. The molecule has 0 aromatic heterocycles. The van der Waals surface area contributed by atoms with Crippen molar-refractivity contribution in [1.82, 2.24) is 4.90 Å². The standard InChI is InChI=1S/C17H22N2O5S/c1-12(16(20)18-9-5-3-4-6-10-18)24-17(21)13-7-8-15(25-2)14(11-13)19(22)23/h7-8,11-12H,3-6,9-10H2,1-2H3/t12-/m1/s1. The summed E-state index contributed by atoms with van der Waals surface area (Å²) in [6.45, 7) is 2.89. The van der Waals surface area contributed by atoms with Gasteiger partial charge in [-0.05, 0) is 38.2 Å². The van der Waals surface area contributed by atoms with Crippen LogP contribution < -0.4 is 0 Å². The zero-order valence-electron chi connectivity index (χ0n) is 14.4. The topological polar surface area (TPSA) is 89.8 Å². The molecule has 0 radical (unpaired) electrons. The minimum atomic E-state index is -0.912. The summed E-state index contributed by atoms with van der Waals surface area (Å²) >= 11 is 1.23. The second-order valence-electron chi connectivity index (χ2n) is 5.93. The lowest BCUT2D eigenvalue weighted by Gasteiger charge is -2.24. The van der Waals surface area contributed by atoms with E-state index >= 15 is 0 Å². The Labute approximate surface area is 150 Å². The fourth-order valence-corrected chi connectivity index (χ4v) is 3.33.